The first-order valence-electron chi connectivity index (χ1n) is 6.02. The Morgan fingerprint density at radius 1 is 1.28 bits per heavy atom. The van der Waals surface area contributed by atoms with E-state index in [1.807, 2.05) is 19.1 Å². The number of ether oxygens (including phenoxy) is 3. The van der Waals surface area contributed by atoms with E-state index in [0.717, 1.165) is 25.3 Å². The average Bonchev–Trinajstić information content (AvgIpc) is 2.37. The fourth-order valence-corrected chi connectivity index (χ4v) is 1.93. The lowest BCUT2D eigenvalue weighted by Crippen LogP contribution is -2.83. The van der Waals surface area contributed by atoms with E-state index in [-0.39, 0.29) is 0 Å². The van der Waals surface area contributed by atoms with Crippen LogP contribution in [-0.4, -0.2) is 34.0 Å². The van der Waals surface area contributed by atoms with Crippen LogP contribution in [0.25, 0.3) is 0 Å². The van der Waals surface area contributed by atoms with E-state index in [0.29, 0.717) is 23.1 Å². The molecule has 2 N–H and O–H groups in total. The number of quaternary nitrogens is 1. The molecule has 0 saturated carbocycles. The molecule has 102 valence electrons. The topological polar surface area (TPSA) is 44.3 Å². The smallest absolute Gasteiger partial charge is 0.179 e. The summed E-state index contributed by atoms with van der Waals surface area (Å²) >= 11 is 6.19. The van der Waals surface area contributed by atoms with Crippen LogP contribution in [0.4, 0.5) is 0 Å². The molecule has 0 amide bonds. The van der Waals surface area contributed by atoms with Crippen LogP contribution in [0, 0.1) is 0 Å². The van der Waals surface area contributed by atoms with Crippen LogP contribution in [0.2, 0.25) is 5.02 Å². The van der Waals surface area contributed by atoms with Gasteiger partial charge < -0.3 is 19.5 Å². The zero-order valence-corrected chi connectivity index (χ0v) is 11.9. The van der Waals surface area contributed by atoms with Gasteiger partial charge >= 0.3 is 0 Å². The van der Waals surface area contributed by atoms with Crippen LogP contribution in [-0.2, 0) is 11.3 Å². The number of hydrogen-bond donors (Lipinski definition) is 1. The SMILES string of the molecule is CCOc1c(Cl)cc(C[NH2+]CCOC)cc1OC. The second-order valence-electron chi connectivity index (χ2n) is 3.82. The van der Waals surface area contributed by atoms with Crippen LogP contribution >= 0.6 is 11.6 Å². The van der Waals surface area contributed by atoms with Crippen molar-refractivity contribution in [2.45, 2.75) is 13.5 Å². The van der Waals surface area contributed by atoms with Gasteiger partial charge in [-0.25, -0.2) is 0 Å². The predicted molar refractivity (Wildman–Crippen MR) is 71.5 cm³/mol. The summed E-state index contributed by atoms with van der Waals surface area (Å²) in [6, 6.07) is 3.87. The summed E-state index contributed by atoms with van der Waals surface area (Å²) in [5.74, 6) is 1.29. The second kappa shape index (κ2) is 8.19. The summed E-state index contributed by atoms with van der Waals surface area (Å²) in [4.78, 5) is 0. The van der Waals surface area contributed by atoms with E-state index in [1.54, 1.807) is 14.2 Å². The predicted octanol–water partition coefficient (Wildman–Crippen LogP) is 1.46. The van der Waals surface area contributed by atoms with Crippen LogP contribution in [0.15, 0.2) is 12.1 Å². The first-order valence-corrected chi connectivity index (χ1v) is 6.40. The van der Waals surface area contributed by atoms with Gasteiger partial charge in [0.1, 0.15) is 6.54 Å². The Balaban J connectivity index is 2.73. The molecule has 0 heterocycles. The van der Waals surface area contributed by atoms with Crippen molar-refractivity contribution < 1.29 is 19.5 Å². The largest absolute Gasteiger partial charge is 0.493 e. The molecule has 0 aliphatic carbocycles. The molecule has 0 aromatic heterocycles. The van der Waals surface area contributed by atoms with Crippen LogP contribution in [0.3, 0.4) is 0 Å². The molecule has 1 aromatic rings. The summed E-state index contributed by atoms with van der Waals surface area (Å²) in [6.07, 6.45) is 0. The third-order valence-electron chi connectivity index (χ3n) is 2.48. The fraction of sp³-hybridized carbons (Fsp3) is 0.538. The second-order valence-corrected chi connectivity index (χ2v) is 4.22. The summed E-state index contributed by atoms with van der Waals surface area (Å²) in [6.45, 7) is 4.98. The van der Waals surface area contributed by atoms with Gasteiger partial charge in [0.15, 0.2) is 11.5 Å². The number of halogens is 1. The molecule has 0 bridgehead atoms. The van der Waals surface area contributed by atoms with Gasteiger partial charge in [-0.1, -0.05) is 11.6 Å². The lowest BCUT2D eigenvalue weighted by atomic mass is 10.2. The number of hydrogen-bond acceptors (Lipinski definition) is 3. The quantitative estimate of drug-likeness (QED) is 0.730. The molecule has 4 nitrogen and oxygen atoms in total. The maximum Gasteiger partial charge on any atom is 0.179 e. The molecular formula is C13H21ClNO3+. The first-order chi connectivity index (χ1) is 8.72. The van der Waals surface area contributed by atoms with Gasteiger partial charge in [0.25, 0.3) is 0 Å². The maximum atomic E-state index is 6.19. The monoisotopic (exact) mass is 274 g/mol. The van der Waals surface area contributed by atoms with Gasteiger partial charge in [-0.05, 0) is 19.1 Å². The Labute approximate surface area is 113 Å². The summed E-state index contributed by atoms with van der Waals surface area (Å²) in [7, 11) is 3.32. The lowest BCUT2D eigenvalue weighted by molar-refractivity contribution is -0.671. The van der Waals surface area contributed by atoms with E-state index < -0.39 is 0 Å². The highest BCUT2D eigenvalue weighted by molar-refractivity contribution is 6.32. The minimum Gasteiger partial charge on any atom is -0.493 e. The Kier molecular flexibility index (Phi) is 6.86. The normalized spacial score (nSPS) is 10.4. The van der Waals surface area contributed by atoms with Gasteiger partial charge in [0.05, 0.1) is 31.9 Å². The van der Waals surface area contributed by atoms with Crippen LogP contribution in [0.1, 0.15) is 12.5 Å². The van der Waals surface area contributed by atoms with E-state index in [4.69, 9.17) is 25.8 Å². The molecule has 0 unspecified atom stereocenters. The van der Waals surface area contributed by atoms with Crippen molar-refractivity contribution in [3.05, 3.63) is 22.7 Å². The van der Waals surface area contributed by atoms with E-state index in [1.165, 1.54) is 0 Å². The Bertz CT molecular complexity index is 371. The molecule has 18 heavy (non-hydrogen) atoms. The zero-order valence-electron chi connectivity index (χ0n) is 11.2. The van der Waals surface area contributed by atoms with Crippen molar-refractivity contribution in [2.75, 3.05) is 34.0 Å². The lowest BCUT2D eigenvalue weighted by Gasteiger charge is -2.12. The molecule has 0 saturated heterocycles. The Hall–Kier alpha value is -0.970. The van der Waals surface area contributed by atoms with Crippen molar-refractivity contribution in [3.8, 4) is 11.5 Å². The van der Waals surface area contributed by atoms with E-state index in [2.05, 4.69) is 5.32 Å². The molecule has 0 atom stereocenters. The molecule has 0 aliphatic rings. The first kappa shape index (κ1) is 15.1. The number of nitrogens with two attached hydrogens (primary N) is 1. The summed E-state index contributed by atoms with van der Waals surface area (Å²) in [5, 5.41) is 2.75. The standard InChI is InChI=1S/C13H20ClNO3/c1-4-18-13-11(14)7-10(8-12(13)17-3)9-15-5-6-16-2/h7-8,15H,4-6,9H2,1-3H3/p+1. The molecule has 0 spiro atoms. The van der Waals surface area contributed by atoms with Crippen molar-refractivity contribution in [1.82, 2.24) is 0 Å². The van der Waals surface area contributed by atoms with Gasteiger partial charge in [-0.2, -0.15) is 0 Å². The third-order valence-corrected chi connectivity index (χ3v) is 2.76. The minimum absolute atomic E-state index is 0.565. The van der Waals surface area contributed by atoms with Gasteiger partial charge in [0.2, 0.25) is 0 Å². The zero-order chi connectivity index (χ0) is 13.4. The Morgan fingerprint density at radius 2 is 2.06 bits per heavy atom. The number of benzene rings is 1. The Morgan fingerprint density at radius 3 is 2.67 bits per heavy atom. The van der Waals surface area contributed by atoms with Gasteiger partial charge in [-0.3, -0.25) is 0 Å². The molecule has 1 rings (SSSR count). The summed E-state index contributed by atoms with van der Waals surface area (Å²) in [5.41, 5.74) is 1.11. The highest BCUT2D eigenvalue weighted by Crippen LogP contribution is 2.36. The molecule has 0 fully saturated rings. The van der Waals surface area contributed by atoms with E-state index in [9.17, 15) is 0 Å². The fourth-order valence-electron chi connectivity index (χ4n) is 1.65. The van der Waals surface area contributed by atoms with E-state index >= 15 is 0 Å². The number of methoxy groups -OCH3 is 2. The highest BCUT2D eigenvalue weighted by Gasteiger charge is 2.12. The molecular weight excluding hydrogens is 254 g/mol. The maximum absolute atomic E-state index is 6.19. The highest BCUT2D eigenvalue weighted by atomic mass is 35.5. The van der Waals surface area contributed by atoms with Crippen molar-refractivity contribution in [2.24, 2.45) is 0 Å². The molecule has 1 aromatic carbocycles. The summed E-state index contributed by atoms with van der Waals surface area (Å²) < 4.78 is 15.8. The van der Waals surface area contributed by atoms with Gasteiger partial charge in [-0.15, -0.1) is 0 Å². The van der Waals surface area contributed by atoms with Gasteiger partial charge in [0, 0.05) is 12.7 Å². The molecule has 0 radical (unpaired) electrons. The van der Waals surface area contributed by atoms with Crippen molar-refractivity contribution in [3.63, 3.8) is 0 Å². The molecule has 0 aliphatic heterocycles. The average molecular weight is 275 g/mol. The van der Waals surface area contributed by atoms with Crippen molar-refractivity contribution >= 4 is 11.6 Å². The minimum atomic E-state index is 0.565. The van der Waals surface area contributed by atoms with Crippen molar-refractivity contribution in [1.29, 1.82) is 0 Å². The van der Waals surface area contributed by atoms with Crippen LogP contribution < -0.4 is 14.8 Å². The molecule has 5 heteroatoms. The van der Waals surface area contributed by atoms with Crippen LogP contribution in [0.5, 0.6) is 11.5 Å². The third kappa shape index (κ3) is 4.37. The number of rotatable bonds is 8.